The van der Waals surface area contributed by atoms with Gasteiger partial charge in [0.1, 0.15) is 0 Å². The molecule has 4 amide bonds. The normalized spacial score (nSPS) is 16.6. The van der Waals surface area contributed by atoms with Gasteiger partial charge in [-0.25, -0.2) is 9.69 Å². The second-order valence-electron chi connectivity index (χ2n) is 7.25. The van der Waals surface area contributed by atoms with Gasteiger partial charge in [-0.05, 0) is 67.6 Å². The zero-order valence-corrected chi connectivity index (χ0v) is 18.2. The van der Waals surface area contributed by atoms with E-state index in [2.05, 4.69) is 20.5 Å². The second kappa shape index (κ2) is 9.54. The van der Waals surface area contributed by atoms with Gasteiger partial charge in [0.2, 0.25) is 5.91 Å². The van der Waals surface area contributed by atoms with Gasteiger partial charge in [-0.3, -0.25) is 19.9 Å². The maximum atomic E-state index is 12.8. The third-order valence-corrected chi connectivity index (χ3v) is 5.08. The molecule has 3 aromatic carbocycles. The predicted molar refractivity (Wildman–Crippen MR) is 126 cm³/mol. The van der Waals surface area contributed by atoms with Crippen molar-refractivity contribution in [3.63, 3.8) is 0 Å². The molecule has 1 aliphatic heterocycles. The first kappa shape index (κ1) is 22.0. The summed E-state index contributed by atoms with van der Waals surface area (Å²) in [5.41, 5.74) is 3.32. The molecule has 1 heterocycles. The topological polar surface area (TPSA) is 104 Å². The molecule has 0 bridgehead atoms. The summed E-state index contributed by atoms with van der Waals surface area (Å²) < 4.78 is 0. The predicted octanol–water partition coefficient (Wildman–Crippen LogP) is 5.67. The van der Waals surface area contributed by atoms with Crippen LogP contribution in [-0.4, -0.2) is 24.1 Å². The Morgan fingerprint density at radius 3 is 1.97 bits per heavy atom. The number of benzene rings is 3. The van der Waals surface area contributed by atoms with Crippen molar-refractivity contribution in [2.75, 3.05) is 4.90 Å². The number of barbiturate groups is 1. The Bertz CT molecular complexity index is 1250. The molecule has 9 heteroatoms. The largest absolute Gasteiger partial charge is 0.335 e. The van der Waals surface area contributed by atoms with Crippen molar-refractivity contribution in [2.24, 2.45) is 21.1 Å². The van der Waals surface area contributed by atoms with Crippen LogP contribution in [0, 0.1) is 12.8 Å². The lowest BCUT2D eigenvalue weighted by Gasteiger charge is -2.28. The monoisotopic (exact) mass is 459 g/mol. The third-order valence-electron chi connectivity index (χ3n) is 4.82. The number of urea groups is 1. The standard InChI is InChI=1S/C24H18ClN5O3/c1-15-2-6-18(7-3-15)28-29-19-10-8-17(9-11-19)26-14-21-22(31)27-24(33)30(23(21)32)20-12-4-16(25)5-13-20/h2-14,21H,1H3,(H,27,31,33)/t21-/m0/s1. The first-order chi connectivity index (χ1) is 15.9. The van der Waals surface area contributed by atoms with E-state index in [-0.39, 0.29) is 0 Å². The quantitative estimate of drug-likeness (QED) is 0.302. The van der Waals surface area contributed by atoms with Crippen LogP contribution in [-0.2, 0) is 9.59 Å². The van der Waals surface area contributed by atoms with E-state index in [1.54, 1.807) is 36.4 Å². The summed E-state index contributed by atoms with van der Waals surface area (Å²) in [5, 5.41) is 11.0. The molecule has 1 aliphatic rings. The number of rotatable bonds is 5. The second-order valence-corrected chi connectivity index (χ2v) is 7.69. The van der Waals surface area contributed by atoms with Crippen molar-refractivity contribution in [1.29, 1.82) is 0 Å². The van der Waals surface area contributed by atoms with E-state index in [9.17, 15) is 14.4 Å². The molecule has 4 rings (SSSR count). The van der Waals surface area contributed by atoms with Crippen molar-refractivity contribution < 1.29 is 14.4 Å². The van der Waals surface area contributed by atoms with E-state index in [1.165, 1.54) is 18.3 Å². The number of azo groups is 1. The Morgan fingerprint density at radius 2 is 1.36 bits per heavy atom. The van der Waals surface area contributed by atoms with Crippen molar-refractivity contribution in [3.8, 4) is 0 Å². The molecule has 0 unspecified atom stereocenters. The van der Waals surface area contributed by atoms with Crippen LogP contribution in [0.3, 0.4) is 0 Å². The molecule has 3 aromatic rings. The van der Waals surface area contributed by atoms with Crippen LogP contribution < -0.4 is 10.2 Å². The number of hydrogen-bond donors (Lipinski definition) is 1. The number of halogens is 1. The summed E-state index contributed by atoms with van der Waals surface area (Å²) >= 11 is 5.87. The molecular weight excluding hydrogens is 442 g/mol. The highest BCUT2D eigenvalue weighted by Gasteiger charge is 2.40. The molecule has 0 spiro atoms. The van der Waals surface area contributed by atoms with Crippen LogP contribution in [0.4, 0.5) is 27.5 Å². The molecule has 0 radical (unpaired) electrons. The average molecular weight is 460 g/mol. The lowest BCUT2D eigenvalue weighted by molar-refractivity contribution is -0.131. The zero-order chi connectivity index (χ0) is 23.4. The molecule has 0 aliphatic carbocycles. The zero-order valence-electron chi connectivity index (χ0n) is 17.5. The minimum absolute atomic E-state index is 0.302. The van der Waals surface area contributed by atoms with Gasteiger partial charge in [-0.1, -0.05) is 29.3 Å². The number of aryl methyl sites for hydroxylation is 1. The van der Waals surface area contributed by atoms with Gasteiger partial charge < -0.3 is 0 Å². The third kappa shape index (κ3) is 5.19. The lowest BCUT2D eigenvalue weighted by atomic mass is 10.1. The fraction of sp³-hybridized carbons (Fsp3) is 0.0833. The highest BCUT2D eigenvalue weighted by atomic mass is 35.5. The molecule has 0 saturated carbocycles. The van der Waals surface area contributed by atoms with Crippen LogP contribution in [0.5, 0.6) is 0 Å². The SMILES string of the molecule is Cc1ccc(N=Nc2ccc(N=C[C@H]3C(=O)NC(=O)N(c4ccc(Cl)cc4)C3=O)cc2)cc1. The average Bonchev–Trinajstić information content (AvgIpc) is 2.80. The summed E-state index contributed by atoms with van der Waals surface area (Å²) in [4.78, 5) is 42.4. The van der Waals surface area contributed by atoms with Crippen molar-refractivity contribution >= 4 is 58.4 Å². The lowest BCUT2D eigenvalue weighted by Crippen LogP contribution is -2.58. The molecule has 33 heavy (non-hydrogen) atoms. The molecular formula is C24H18ClN5O3. The minimum atomic E-state index is -1.25. The number of nitrogens with zero attached hydrogens (tertiary/aromatic N) is 4. The first-order valence-electron chi connectivity index (χ1n) is 9.98. The van der Waals surface area contributed by atoms with Gasteiger partial charge in [0.15, 0.2) is 5.92 Å². The van der Waals surface area contributed by atoms with Crippen LogP contribution in [0.15, 0.2) is 88.0 Å². The number of carbonyl (C=O) groups excluding carboxylic acids is 3. The summed E-state index contributed by atoms with van der Waals surface area (Å²) in [6.07, 6.45) is 1.22. The Balaban J connectivity index is 1.47. The van der Waals surface area contributed by atoms with Crippen LogP contribution in [0.2, 0.25) is 5.02 Å². The Labute approximate surface area is 194 Å². The minimum Gasteiger partial charge on any atom is -0.276 e. The van der Waals surface area contributed by atoms with Gasteiger partial charge in [-0.15, -0.1) is 0 Å². The van der Waals surface area contributed by atoms with Crippen molar-refractivity contribution in [2.45, 2.75) is 6.92 Å². The van der Waals surface area contributed by atoms with E-state index in [4.69, 9.17) is 11.6 Å². The van der Waals surface area contributed by atoms with E-state index in [1.807, 2.05) is 31.2 Å². The Hall–Kier alpha value is -4.17. The van der Waals surface area contributed by atoms with E-state index >= 15 is 0 Å². The van der Waals surface area contributed by atoms with Crippen LogP contribution in [0.1, 0.15) is 5.56 Å². The fourth-order valence-electron chi connectivity index (χ4n) is 3.05. The van der Waals surface area contributed by atoms with Crippen molar-refractivity contribution in [3.05, 3.63) is 83.4 Å². The maximum Gasteiger partial charge on any atom is 0.335 e. The maximum absolute atomic E-state index is 12.8. The highest BCUT2D eigenvalue weighted by Crippen LogP contribution is 2.24. The molecule has 0 aromatic heterocycles. The van der Waals surface area contributed by atoms with Gasteiger partial charge in [0, 0.05) is 11.2 Å². The summed E-state index contributed by atoms with van der Waals surface area (Å²) in [6, 6.07) is 19.8. The number of amides is 4. The molecule has 1 atom stereocenters. The Kier molecular flexibility index (Phi) is 6.37. The summed E-state index contributed by atoms with van der Waals surface area (Å²) in [5.74, 6) is -2.68. The summed E-state index contributed by atoms with van der Waals surface area (Å²) in [6.45, 7) is 2.00. The number of imide groups is 2. The van der Waals surface area contributed by atoms with E-state index in [0.29, 0.717) is 22.1 Å². The molecule has 164 valence electrons. The van der Waals surface area contributed by atoms with Gasteiger partial charge in [0.25, 0.3) is 5.91 Å². The number of anilines is 1. The number of aliphatic imine (C=N–C) groups is 1. The first-order valence-corrected chi connectivity index (χ1v) is 10.4. The van der Waals surface area contributed by atoms with Gasteiger partial charge >= 0.3 is 6.03 Å². The van der Waals surface area contributed by atoms with Crippen LogP contribution in [0.25, 0.3) is 0 Å². The fourth-order valence-corrected chi connectivity index (χ4v) is 3.18. The van der Waals surface area contributed by atoms with E-state index in [0.717, 1.165) is 16.2 Å². The number of nitrogens with one attached hydrogen (secondary N) is 1. The van der Waals surface area contributed by atoms with Gasteiger partial charge in [0.05, 0.1) is 22.7 Å². The number of hydrogen-bond acceptors (Lipinski definition) is 6. The molecule has 8 nitrogen and oxygen atoms in total. The van der Waals surface area contributed by atoms with Crippen molar-refractivity contribution in [1.82, 2.24) is 5.32 Å². The smallest absolute Gasteiger partial charge is 0.276 e. The molecule has 1 N–H and O–H groups in total. The highest BCUT2D eigenvalue weighted by molar-refractivity contribution is 6.33. The van der Waals surface area contributed by atoms with Gasteiger partial charge in [-0.2, -0.15) is 10.2 Å². The Morgan fingerprint density at radius 1 is 0.818 bits per heavy atom. The van der Waals surface area contributed by atoms with Crippen LogP contribution >= 0.6 is 11.6 Å². The molecule has 1 saturated heterocycles. The summed E-state index contributed by atoms with van der Waals surface area (Å²) in [7, 11) is 0. The van der Waals surface area contributed by atoms with E-state index < -0.39 is 23.8 Å². The molecule has 1 fully saturated rings. The number of carbonyl (C=O) groups is 3.